The van der Waals surface area contributed by atoms with E-state index < -0.39 is 0 Å². The SMILES string of the molecule is [Al+3].[Al+3].[CH2-]C.[CH2-]C.[CH2-]C.[CH2-]C.[CH2-][C@@H](CCCC)[C@@H]([CH2-])CCCC. The molecule has 2 atom stereocenters. The fourth-order valence-corrected chi connectivity index (χ4v) is 1.40. The molecular weight excluding hydrogens is 294 g/mol. The molecule has 0 nitrogen and oxygen atoms in total. The summed E-state index contributed by atoms with van der Waals surface area (Å²) in [4.78, 5) is 0. The Hall–Kier alpha value is 1.06. The van der Waals surface area contributed by atoms with Crippen molar-refractivity contribution in [1.82, 2.24) is 0 Å². The summed E-state index contributed by atoms with van der Waals surface area (Å²) < 4.78 is 0. The average Bonchev–Trinajstić information content (AvgIpc) is 2.57. The van der Waals surface area contributed by atoms with Crippen LogP contribution in [-0.2, 0) is 0 Å². The van der Waals surface area contributed by atoms with Crippen LogP contribution in [0.2, 0.25) is 0 Å². The summed E-state index contributed by atoms with van der Waals surface area (Å²) in [5.41, 5.74) is 0. The fraction of sp³-hybridized carbons (Fsp3) is 0.700. The van der Waals surface area contributed by atoms with Crippen molar-refractivity contribution in [2.75, 3.05) is 0 Å². The molecule has 0 saturated heterocycles. The average molecular weight is 339 g/mol. The molecule has 22 heavy (non-hydrogen) atoms. The molecule has 0 bridgehead atoms. The fourth-order valence-electron chi connectivity index (χ4n) is 1.40. The van der Waals surface area contributed by atoms with Gasteiger partial charge in [0.15, 0.2) is 0 Å². The Labute approximate surface area is 167 Å². The first-order valence-electron chi connectivity index (χ1n) is 8.21. The smallest absolute Gasteiger partial charge is 0.346 e. The second kappa shape index (κ2) is 57.4. The minimum atomic E-state index is 0. The predicted molar refractivity (Wildman–Crippen MR) is 112 cm³/mol. The van der Waals surface area contributed by atoms with E-state index in [1.54, 1.807) is 27.7 Å². The Balaban J connectivity index is -0.0000000390. The summed E-state index contributed by atoms with van der Waals surface area (Å²) in [6, 6.07) is 0. The molecule has 0 saturated carbocycles. The predicted octanol–water partition coefficient (Wildman–Crippen LogP) is 6.87. The van der Waals surface area contributed by atoms with Crippen molar-refractivity contribution in [2.45, 2.75) is 80.1 Å². The van der Waals surface area contributed by atoms with Gasteiger partial charge in [0.2, 0.25) is 0 Å². The van der Waals surface area contributed by atoms with Crippen LogP contribution >= 0.6 is 0 Å². The van der Waals surface area contributed by atoms with Crippen LogP contribution in [0.4, 0.5) is 0 Å². The van der Waals surface area contributed by atoms with E-state index in [1.165, 1.54) is 38.5 Å². The molecule has 0 aliphatic rings. The van der Waals surface area contributed by atoms with Gasteiger partial charge in [-0.25, -0.2) is 0 Å². The molecule has 130 valence electrons. The third kappa shape index (κ3) is 49.7. The molecule has 0 spiro atoms. The van der Waals surface area contributed by atoms with Gasteiger partial charge in [-0.15, -0.1) is 0 Å². The third-order valence-electron chi connectivity index (χ3n) is 2.52. The summed E-state index contributed by atoms with van der Waals surface area (Å²) in [6.45, 7) is 32.8. The Kier molecular flexibility index (Phi) is 113. The first kappa shape index (κ1) is 43.5. The van der Waals surface area contributed by atoms with Crippen molar-refractivity contribution in [3.63, 3.8) is 0 Å². The number of hydrogen-bond donors (Lipinski definition) is 0. The standard InChI is InChI=1S/C12H24.4C2H5.2Al/c1-5-7-9-11(3)12(4)10-8-6-2;4*1-2;;/h11-12H,3-10H2,1-2H3;4*1H2,2H3;;/q-2;4*-1;2*+3/t11-,12-;;;;;;/m0....../s1. The Bertz CT molecular complexity index is 83.7. The van der Waals surface area contributed by atoms with E-state index in [0.717, 1.165) is 0 Å². The van der Waals surface area contributed by atoms with Gasteiger partial charge in [0, 0.05) is 0 Å². The van der Waals surface area contributed by atoms with Crippen molar-refractivity contribution in [2.24, 2.45) is 11.8 Å². The molecule has 2 heteroatoms. The molecule has 0 aliphatic carbocycles. The second-order valence-corrected chi connectivity index (χ2v) is 3.80. The summed E-state index contributed by atoms with van der Waals surface area (Å²) in [5, 5.41) is 0. The van der Waals surface area contributed by atoms with Crippen LogP contribution in [0, 0.1) is 53.4 Å². The van der Waals surface area contributed by atoms with Crippen LogP contribution in [0.1, 0.15) is 80.1 Å². The van der Waals surface area contributed by atoms with E-state index >= 15 is 0 Å². The van der Waals surface area contributed by atoms with Gasteiger partial charge in [-0.3, -0.25) is 0 Å². The molecule has 0 aromatic rings. The quantitative estimate of drug-likeness (QED) is 0.351. The van der Waals surface area contributed by atoms with E-state index in [9.17, 15) is 0 Å². The van der Waals surface area contributed by atoms with Crippen LogP contribution < -0.4 is 0 Å². The van der Waals surface area contributed by atoms with Gasteiger partial charge < -0.3 is 41.5 Å². The van der Waals surface area contributed by atoms with Gasteiger partial charge in [-0.2, -0.15) is 39.5 Å². The zero-order chi connectivity index (χ0) is 17.4. The number of hydrogen-bond acceptors (Lipinski definition) is 0. The van der Waals surface area contributed by atoms with Gasteiger partial charge in [-0.05, 0) is 0 Å². The first-order valence-corrected chi connectivity index (χ1v) is 8.21. The van der Waals surface area contributed by atoms with Gasteiger partial charge >= 0.3 is 34.7 Å². The third-order valence-corrected chi connectivity index (χ3v) is 2.52. The normalized spacial score (nSPS) is 9.82. The van der Waals surface area contributed by atoms with E-state index in [1.807, 2.05) is 0 Å². The molecule has 0 heterocycles. The largest absolute Gasteiger partial charge is 3.00 e. The van der Waals surface area contributed by atoms with E-state index in [2.05, 4.69) is 55.4 Å². The topological polar surface area (TPSA) is 0 Å². The molecule has 0 amide bonds. The minimum absolute atomic E-state index is 0. The Morgan fingerprint density at radius 2 is 0.727 bits per heavy atom. The Morgan fingerprint density at radius 3 is 0.864 bits per heavy atom. The Morgan fingerprint density at radius 1 is 0.545 bits per heavy atom. The molecule has 0 rings (SSSR count). The maximum atomic E-state index is 4.17. The van der Waals surface area contributed by atoms with Crippen molar-refractivity contribution in [1.29, 1.82) is 0 Å². The van der Waals surface area contributed by atoms with Crippen LogP contribution in [-0.4, -0.2) is 34.7 Å². The van der Waals surface area contributed by atoms with Gasteiger partial charge in [-0.1, -0.05) is 52.4 Å². The van der Waals surface area contributed by atoms with Crippen molar-refractivity contribution in [3.8, 4) is 0 Å². The monoisotopic (exact) mass is 338 g/mol. The van der Waals surface area contributed by atoms with Gasteiger partial charge in [0.05, 0.1) is 0 Å². The van der Waals surface area contributed by atoms with Crippen LogP contribution in [0.25, 0.3) is 0 Å². The van der Waals surface area contributed by atoms with Crippen LogP contribution in [0.5, 0.6) is 0 Å². The zero-order valence-electron chi connectivity index (χ0n) is 16.8. The van der Waals surface area contributed by atoms with Crippen LogP contribution in [0.15, 0.2) is 0 Å². The van der Waals surface area contributed by atoms with Crippen molar-refractivity contribution in [3.05, 3.63) is 41.5 Å². The summed E-state index contributed by atoms with van der Waals surface area (Å²) in [7, 11) is 0. The maximum Gasteiger partial charge on any atom is 3.00 e. The van der Waals surface area contributed by atoms with Crippen LogP contribution in [0.3, 0.4) is 0 Å². The van der Waals surface area contributed by atoms with E-state index in [-0.39, 0.29) is 34.7 Å². The minimum Gasteiger partial charge on any atom is -0.346 e. The van der Waals surface area contributed by atoms with Gasteiger partial charge in [0.25, 0.3) is 0 Å². The molecule has 0 fully saturated rings. The molecule has 0 aromatic heterocycles. The van der Waals surface area contributed by atoms with Crippen molar-refractivity contribution < 1.29 is 0 Å². The number of rotatable bonds is 7. The number of unbranched alkanes of at least 4 members (excludes halogenated alkanes) is 2. The van der Waals surface area contributed by atoms with E-state index in [4.69, 9.17) is 0 Å². The molecule has 0 aliphatic heterocycles. The summed E-state index contributed by atoms with van der Waals surface area (Å²) in [6.07, 6.45) is 7.71. The van der Waals surface area contributed by atoms with E-state index in [0.29, 0.717) is 11.8 Å². The molecular formula is C20H44Al2. The van der Waals surface area contributed by atoms with Crippen molar-refractivity contribution >= 4 is 34.7 Å². The summed E-state index contributed by atoms with van der Waals surface area (Å²) >= 11 is 0. The second-order valence-electron chi connectivity index (χ2n) is 3.80. The first-order chi connectivity index (χ1) is 9.72. The zero-order valence-corrected chi connectivity index (χ0v) is 19.1. The molecule has 0 N–H and O–H groups in total. The maximum absolute atomic E-state index is 4.17. The molecule has 0 radical (unpaired) electrons. The molecule has 0 aromatic carbocycles. The molecule has 0 unspecified atom stereocenters. The van der Waals surface area contributed by atoms with Gasteiger partial charge in [0.1, 0.15) is 0 Å². The summed E-state index contributed by atoms with van der Waals surface area (Å²) in [5.74, 6) is 1.16.